The molecule has 3 rings (SSSR count). The molecule has 0 atom stereocenters. The Hall–Kier alpha value is -2.30. The van der Waals surface area contributed by atoms with E-state index >= 15 is 0 Å². The second-order valence-corrected chi connectivity index (χ2v) is 3.47. The number of H-pyrrole nitrogens is 1. The fourth-order valence-electron chi connectivity index (χ4n) is 1.80. The fraction of sp³-hybridized carbons (Fsp3) is 0.0909. The molecule has 5 nitrogen and oxygen atoms in total. The summed E-state index contributed by atoms with van der Waals surface area (Å²) in [5.74, 6) is 0.526. The molecule has 0 spiro atoms. The Labute approximate surface area is 89.7 Å². The zero-order chi connectivity index (χ0) is 11.1. The van der Waals surface area contributed by atoms with Gasteiger partial charge in [-0.05, 0) is 13.0 Å². The molecule has 0 bridgehead atoms. The molecule has 0 radical (unpaired) electrons. The first-order valence-corrected chi connectivity index (χ1v) is 4.80. The molecule has 0 fully saturated rings. The van der Waals surface area contributed by atoms with Gasteiger partial charge in [0.25, 0.3) is 0 Å². The molecule has 80 valence electrons. The maximum absolute atomic E-state index is 10.9. The fourth-order valence-corrected chi connectivity index (χ4v) is 1.80. The number of para-hydroxylation sites is 1. The van der Waals surface area contributed by atoms with Crippen molar-refractivity contribution in [1.29, 1.82) is 0 Å². The number of hydrogen-bond donors (Lipinski definition) is 1. The van der Waals surface area contributed by atoms with Crippen molar-refractivity contribution in [3.63, 3.8) is 0 Å². The first-order chi connectivity index (χ1) is 7.75. The normalized spacial score (nSPS) is 11.1. The van der Waals surface area contributed by atoms with Gasteiger partial charge in [0.15, 0.2) is 5.82 Å². The molecule has 2 heterocycles. The van der Waals surface area contributed by atoms with Gasteiger partial charge in [0.1, 0.15) is 11.3 Å². The predicted octanol–water partition coefficient (Wildman–Crippen LogP) is 2.08. The van der Waals surface area contributed by atoms with Gasteiger partial charge < -0.3 is 4.42 Å². The van der Waals surface area contributed by atoms with Gasteiger partial charge in [-0.2, -0.15) is 0 Å². The summed E-state index contributed by atoms with van der Waals surface area (Å²) < 4.78 is 10.0. The van der Waals surface area contributed by atoms with Crippen LogP contribution >= 0.6 is 0 Å². The number of nitrogens with zero attached hydrogens (tertiary/aromatic N) is 1. The minimum atomic E-state index is -0.570. The van der Waals surface area contributed by atoms with E-state index in [2.05, 4.69) is 14.7 Å². The van der Waals surface area contributed by atoms with Crippen molar-refractivity contribution < 1.29 is 8.94 Å². The van der Waals surface area contributed by atoms with Gasteiger partial charge in [-0.1, -0.05) is 23.4 Å². The number of furan rings is 1. The zero-order valence-electron chi connectivity index (χ0n) is 8.48. The molecule has 0 aliphatic rings. The van der Waals surface area contributed by atoms with Crippen LogP contribution in [-0.4, -0.2) is 10.1 Å². The summed E-state index contributed by atoms with van der Waals surface area (Å²) in [7, 11) is 0. The van der Waals surface area contributed by atoms with Crippen LogP contribution in [0.5, 0.6) is 0 Å². The van der Waals surface area contributed by atoms with Crippen LogP contribution in [0.15, 0.2) is 38.0 Å². The zero-order valence-corrected chi connectivity index (χ0v) is 8.48. The van der Waals surface area contributed by atoms with E-state index < -0.39 is 5.76 Å². The molecule has 16 heavy (non-hydrogen) atoms. The van der Waals surface area contributed by atoms with Crippen molar-refractivity contribution in [2.75, 3.05) is 0 Å². The monoisotopic (exact) mass is 216 g/mol. The number of benzene rings is 1. The third-order valence-electron chi connectivity index (χ3n) is 2.45. The van der Waals surface area contributed by atoms with Crippen LogP contribution in [0, 0.1) is 6.92 Å². The molecule has 0 saturated heterocycles. The summed E-state index contributed by atoms with van der Waals surface area (Å²) in [5.41, 5.74) is 1.53. The van der Waals surface area contributed by atoms with E-state index in [-0.39, 0.29) is 0 Å². The van der Waals surface area contributed by atoms with Gasteiger partial charge in [-0.25, -0.2) is 4.79 Å². The number of aromatic nitrogens is 2. The van der Waals surface area contributed by atoms with Crippen molar-refractivity contribution in [2.24, 2.45) is 0 Å². The Balaban J connectivity index is 2.38. The van der Waals surface area contributed by atoms with E-state index in [1.54, 1.807) is 0 Å². The largest absolute Gasteiger partial charge is 0.461 e. The number of aromatic amines is 1. The molecule has 0 saturated carbocycles. The standard InChI is InChI=1S/C11H8N2O3/c1-6-9(10-12-11(14)16-13-10)7-4-2-3-5-8(7)15-6/h2-5H,1H3,(H,12,13,14). The molecule has 5 heteroatoms. The molecule has 2 aromatic heterocycles. The number of hydrogen-bond acceptors (Lipinski definition) is 4. The lowest BCUT2D eigenvalue weighted by Crippen LogP contribution is -1.94. The van der Waals surface area contributed by atoms with Crippen LogP contribution in [0.1, 0.15) is 5.76 Å². The average Bonchev–Trinajstić information content (AvgIpc) is 2.80. The third-order valence-corrected chi connectivity index (χ3v) is 2.45. The second kappa shape index (κ2) is 3.10. The van der Waals surface area contributed by atoms with Crippen LogP contribution in [0.3, 0.4) is 0 Å². The van der Waals surface area contributed by atoms with Gasteiger partial charge in [-0.3, -0.25) is 9.51 Å². The van der Waals surface area contributed by atoms with Crippen molar-refractivity contribution >= 4 is 11.0 Å². The average molecular weight is 216 g/mol. The molecule has 1 N–H and O–H groups in total. The van der Waals surface area contributed by atoms with Crippen molar-refractivity contribution in [2.45, 2.75) is 6.92 Å². The van der Waals surface area contributed by atoms with Crippen LogP contribution < -0.4 is 5.76 Å². The highest BCUT2D eigenvalue weighted by Crippen LogP contribution is 2.31. The maximum atomic E-state index is 10.9. The smallest absolute Gasteiger partial charge is 0.439 e. The minimum absolute atomic E-state index is 0.396. The van der Waals surface area contributed by atoms with Gasteiger partial charge in [0.05, 0.1) is 5.56 Å². The Bertz CT molecular complexity index is 705. The lowest BCUT2D eigenvalue weighted by Gasteiger charge is -1.91. The highest BCUT2D eigenvalue weighted by atomic mass is 16.5. The van der Waals surface area contributed by atoms with E-state index in [0.717, 1.165) is 16.5 Å². The van der Waals surface area contributed by atoms with Crippen LogP contribution in [0.2, 0.25) is 0 Å². The number of fused-ring (bicyclic) bond motifs is 1. The highest BCUT2D eigenvalue weighted by Gasteiger charge is 2.15. The molecule has 0 aliphatic carbocycles. The maximum Gasteiger partial charge on any atom is 0.439 e. The summed E-state index contributed by atoms with van der Waals surface area (Å²) in [5, 5.41) is 4.57. The van der Waals surface area contributed by atoms with Gasteiger partial charge >= 0.3 is 5.76 Å². The first kappa shape index (κ1) is 8.96. The first-order valence-electron chi connectivity index (χ1n) is 4.80. The van der Waals surface area contributed by atoms with Crippen molar-refractivity contribution in [1.82, 2.24) is 10.1 Å². The molecular formula is C11H8N2O3. The van der Waals surface area contributed by atoms with Gasteiger partial charge in [0.2, 0.25) is 0 Å². The van der Waals surface area contributed by atoms with E-state index in [4.69, 9.17) is 4.42 Å². The molecular weight excluding hydrogens is 208 g/mol. The second-order valence-electron chi connectivity index (χ2n) is 3.47. The number of nitrogens with one attached hydrogen (secondary N) is 1. The minimum Gasteiger partial charge on any atom is -0.461 e. The van der Waals surface area contributed by atoms with Crippen molar-refractivity contribution in [3.8, 4) is 11.4 Å². The quantitative estimate of drug-likeness (QED) is 0.675. The van der Waals surface area contributed by atoms with Crippen LogP contribution in [0.25, 0.3) is 22.4 Å². The molecule has 0 amide bonds. The van der Waals surface area contributed by atoms with Gasteiger partial charge in [0, 0.05) is 5.39 Å². The highest BCUT2D eigenvalue weighted by molar-refractivity contribution is 5.93. The van der Waals surface area contributed by atoms with Crippen LogP contribution in [-0.2, 0) is 0 Å². The van der Waals surface area contributed by atoms with E-state index in [1.165, 1.54) is 0 Å². The summed E-state index contributed by atoms with van der Waals surface area (Å²) in [4.78, 5) is 13.4. The summed E-state index contributed by atoms with van der Waals surface area (Å²) in [6, 6.07) is 7.57. The predicted molar refractivity (Wildman–Crippen MR) is 57.1 cm³/mol. The Kier molecular flexibility index (Phi) is 1.73. The molecule has 0 unspecified atom stereocenters. The summed E-state index contributed by atoms with van der Waals surface area (Å²) in [6.07, 6.45) is 0. The third kappa shape index (κ3) is 1.18. The Morgan fingerprint density at radius 3 is 2.88 bits per heavy atom. The van der Waals surface area contributed by atoms with Crippen LogP contribution in [0.4, 0.5) is 0 Å². The molecule has 0 aliphatic heterocycles. The summed E-state index contributed by atoms with van der Waals surface area (Å²) in [6.45, 7) is 1.82. The Morgan fingerprint density at radius 1 is 1.31 bits per heavy atom. The molecule has 1 aromatic carbocycles. The molecule has 3 aromatic rings. The van der Waals surface area contributed by atoms with E-state index in [9.17, 15) is 4.79 Å². The van der Waals surface area contributed by atoms with Crippen molar-refractivity contribution in [3.05, 3.63) is 40.6 Å². The number of rotatable bonds is 1. The summed E-state index contributed by atoms with van der Waals surface area (Å²) >= 11 is 0. The lowest BCUT2D eigenvalue weighted by molar-refractivity contribution is 0.388. The lowest BCUT2D eigenvalue weighted by atomic mass is 10.1. The van der Waals surface area contributed by atoms with E-state index in [1.807, 2.05) is 31.2 Å². The topological polar surface area (TPSA) is 72.0 Å². The SMILES string of the molecule is Cc1oc2ccccc2c1-c1noc(=O)[nH]1. The van der Waals surface area contributed by atoms with E-state index in [0.29, 0.717) is 11.6 Å². The van der Waals surface area contributed by atoms with Gasteiger partial charge in [-0.15, -0.1) is 0 Å². The Morgan fingerprint density at radius 2 is 2.12 bits per heavy atom. The number of aryl methyl sites for hydroxylation is 1.